The van der Waals surface area contributed by atoms with Crippen molar-refractivity contribution in [1.29, 1.82) is 5.26 Å². The van der Waals surface area contributed by atoms with Crippen LogP contribution in [0.4, 0.5) is 0 Å². The van der Waals surface area contributed by atoms with Gasteiger partial charge in [0, 0.05) is 23.3 Å². The highest BCUT2D eigenvalue weighted by atomic mass is 79.9. The number of hydrogen-bond donors (Lipinski definition) is 1. The van der Waals surface area contributed by atoms with Gasteiger partial charge in [-0.2, -0.15) is 5.26 Å². The van der Waals surface area contributed by atoms with Crippen LogP contribution in [-0.2, 0) is 0 Å². The molecule has 0 aliphatic rings. The minimum Gasteiger partial charge on any atom is -0.345 e. The average molecular weight is 264 g/mol. The quantitative estimate of drug-likeness (QED) is 0.666. The van der Waals surface area contributed by atoms with Crippen LogP contribution in [0, 0.1) is 11.3 Å². The second-order valence-electron chi connectivity index (χ2n) is 2.99. The van der Waals surface area contributed by atoms with Gasteiger partial charge in [-0.15, -0.1) is 0 Å². The number of aromatic nitrogens is 2. The Kier molecular flexibility index (Phi) is 2.52. The summed E-state index contributed by atoms with van der Waals surface area (Å²) in [6.07, 6.45) is 3.09. The maximum Gasteiger partial charge on any atom is 0.175 e. The second kappa shape index (κ2) is 3.83. The highest BCUT2D eigenvalue weighted by Crippen LogP contribution is 2.18. The van der Waals surface area contributed by atoms with Gasteiger partial charge >= 0.3 is 0 Å². The minimum atomic E-state index is -0.0295. The molecule has 0 atom stereocenters. The molecule has 2 aromatic rings. The van der Waals surface area contributed by atoms with Gasteiger partial charge in [0.25, 0.3) is 0 Å². The van der Waals surface area contributed by atoms with Gasteiger partial charge < -0.3 is 4.98 Å². The number of pyridine rings is 1. The van der Waals surface area contributed by atoms with Crippen molar-refractivity contribution in [1.82, 2.24) is 9.97 Å². The van der Waals surface area contributed by atoms with E-state index in [1.54, 1.807) is 12.3 Å². The summed E-state index contributed by atoms with van der Waals surface area (Å²) < 4.78 is 0. The zero-order valence-corrected chi connectivity index (χ0v) is 9.21. The lowest BCUT2D eigenvalue weighted by Gasteiger charge is -1.94. The van der Waals surface area contributed by atoms with Crippen molar-refractivity contribution in [2.75, 3.05) is 5.33 Å². The van der Waals surface area contributed by atoms with Crippen LogP contribution in [-0.4, -0.2) is 21.1 Å². The minimum absolute atomic E-state index is 0.0295. The van der Waals surface area contributed by atoms with Gasteiger partial charge in [-0.3, -0.25) is 4.79 Å². The molecule has 4 nitrogen and oxygen atoms in total. The molecule has 2 aromatic heterocycles. The van der Waals surface area contributed by atoms with Crippen molar-refractivity contribution in [2.24, 2.45) is 0 Å². The first-order chi connectivity index (χ1) is 7.26. The van der Waals surface area contributed by atoms with Crippen molar-refractivity contribution >= 4 is 32.7 Å². The van der Waals surface area contributed by atoms with Crippen molar-refractivity contribution in [3.05, 3.63) is 29.6 Å². The smallest absolute Gasteiger partial charge is 0.175 e. The van der Waals surface area contributed by atoms with E-state index < -0.39 is 0 Å². The van der Waals surface area contributed by atoms with E-state index in [0.717, 1.165) is 0 Å². The fourth-order valence-corrected chi connectivity index (χ4v) is 1.67. The number of nitrogens with one attached hydrogen (secondary N) is 1. The van der Waals surface area contributed by atoms with Gasteiger partial charge in [-0.25, -0.2) is 4.98 Å². The number of carbonyl (C=O) groups is 1. The summed E-state index contributed by atoms with van der Waals surface area (Å²) in [5.74, 6) is -0.0295. The number of hydrogen-bond acceptors (Lipinski definition) is 3. The van der Waals surface area contributed by atoms with E-state index in [9.17, 15) is 4.79 Å². The van der Waals surface area contributed by atoms with E-state index >= 15 is 0 Å². The number of H-pyrrole nitrogens is 1. The summed E-state index contributed by atoms with van der Waals surface area (Å²) in [5, 5.41) is 9.68. The number of nitriles is 1. The van der Waals surface area contributed by atoms with E-state index in [1.165, 1.54) is 6.20 Å². The van der Waals surface area contributed by atoms with Crippen LogP contribution in [0.15, 0.2) is 18.5 Å². The van der Waals surface area contributed by atoms with Crippen molar-refractivity contribution in [3.63, 3.8) is 0 Å². The monoisotopic (exact) mass is 263 g/mol. The van der Waals surface area contributed by atoms with E-state index in [4.69, 9.17) is 5.26 Å². The predicted molar refractivity (Wildman–Crippen MR) is 58.9 cm³/mol. The zero-order chi connectivity index (χ0) is 10.8. The Morgan fingerprint density at radius 2 is 2.47 bits per heavy atom. The molecule has 0 aliphatic carbocycles. The van der Waals surface area contributed by atoms with Gasteiger partial charge in [0.15, 0.2) is 5.78 Å². The molecular weight excluding hydrogens is 258 g/mol. The highest BCUT2D eigenvalue weighted by Gasteiger charge is 2.11. The summed E-state index contributed by atoms with van der Waals surface area (Å²) in [6.45, 7) is 0. The normalized spacial score (nSPS) is 10.1. The Morgan fingerprint density at radius 3 is 3.13 bits per heavy atom. The average Bonchev–Trinajstić information content (AvgIpc) is 2.70. The van der Waals surface area contributed by atoms with Gasteiger partial charge in [-0.05, 0) is 6.07 Å². The molecule has 5 heteroatoms. The van der Waals surface area contributed by atoms with Gasteiger partial charge in [0.2, 0.25) is 0 Å². The number of nitrogens with zero attached hydrogens (tertiary/aromatic N) is 2. The number of rotatable bonds is 2. The van der Waals surface area contributed by atoms with Crippen molar-refractivity contribution in [2.45, 2.75) is 0 Å². The molecule has 0 bridgehead atoms. The molecule has 0 aliphatic heterocycles. The number of carbonyl (C=O) groups excluding carboxylic acids is 1. The molecule has 0 unspecified atom stereocenters. The summed E-state index contributed by atoms with van der Waals surface area (Å²) in [5.41, 5.74) is 1.63. The standard InChI is InChI=1S/C10H6BrN3O/c11-2-9(15)8-5-14-10-7(8)1-6(3-12)4-13-10/h1,4-5H,2H2,(H,13,14). The molecule has 0 saturated heterocycles. The molecule has 0 radical (unpaired) electrons. The molecule has 0 amide bonds. The van der Waals surface area contributed by atoms with Crippen LogP contribution < -0.4 is 0 Å². The van der Waals surface area contributed by atoms with Crippen LogP contribution in [0.5, 0.6) is 0 Å². The number of aromatic amines is 1. The van der Waals surface area contributed by atoms with Crippen molar-refractivity contribution in [3.8, 4) is 6.07 Å². The Labute approximate surface area is 94.1 Å². The lowest BCUT2D eigenvalue weighted by Crippen LogP contribution is -1.98. The zero-order valence-electron chi connectivity index (χ0n) is 7.62. The molecule has 1 N–H and O–H groups in total. The molecule has 0 fully saturated rings. The van der Waals surface area contributed by atoms with Crippen molar-refractivity contribution < 1.29 is 4.79 Å². The number of halogens is 1. The van der Waals surface area contributed by atoms with Crippen LogP contribution in [0.25, 0.3) is 11.0 Å². The number of fused-ring (bicyclic) bond motifs is 1. The van der Waals surface area contributed by atoms with Gasteiger partial charge in [0.1, 0.15) is 11.7 Å². The van der Waals surface area contributed by atoms with Crippen LogP contribution in [0.3, 0.4) is 0 Å². The number of alkyl halides is 1. The van der Waals surface area contributed by atoms with Crippen LogP contribution in [0.1, 0.15) is 15.9 Å². The van der Waals surface area contributed by atoms with E-state index in [-0.39, 0.29) is 11.1 Å². The molecule has 15 heavy (non-hydrogen) atoms. The van der Waals surface area contributed by atoms with Crippen LogP contribution in [0.2, 0.25) is 0 Å². The highest BCUT2D eigenvalue weighted by molar-refractivity contribution is 9.09. The predicted octanol–water partition coefficient (Wildman–Crippen LogP) is 2.01. The molecule has 2 heterocycles. The molecule has 0 aromatic carbocycles. The Morgan fingerprint density at radius 1 is 1.67 bits per heavy atom. The second-order valence-corrected chi connectivity index (χ2v) is 3.55. The summed E-state index contributed by atoms with van der Waals surface area (Å²) in [6, 6.07) is 3.66. The molecule has 74 valence electrons. The van der Waals surface area contributed by atoms with Gasteiger partial charge in [-0.1, -0.05) is 15.9 Å². The summed E-state index contributed by atoms with van der Waals surface area (Å²) in [7, 11) is 0. The van der Waals surface area contributed by atoms with Gasteiger partial charge in [0.05, 0.1) is 10.9 Å². The third-order valence-electron chi connectivity index (χ3n) is 2.08. The Balaban J connectivity index is 2.67. The maximum atomic E-state index is 11.5. The number of ketones is 1. The lowest BCUT2D eigenvalue weighted by molar-refractivity contribution is 0.102. The van der Waals surface area contributed by atoms with E-state index in [2.05, 4.69) is 25.9 Å². The fourth-order valence-electron chi connectivity index (χ4n) is 1.37. The number of Topliss-reactive ketones (excluding diaryl/α,β-unsaturated/α-hetero) is 1. The molecule has 2 rings (SSSR count). The molecule has 0 saturated carbocycles. The molecule has 0 spiro atoms. The Hall–Kier alpha value is -1.67. The first-order valence-corrected chi connectivity index (χ1v) is 5.35. The third kappa shape index (κ3) is 1.64. The topological polar surface area (TPSA) is 69.5 Å². The van der Waals surface area contributed by atoms with E-state index in [1.807, 2.05) is 6.07 Å². The largest absolute Gasteiger partial charge is 0.345 e. The SMILES string of the molecule is N#Cc1cnc2[nH]cc(C(=O)CBr)c2c1. The maximum absolute atomic E-state index is 11.5. The van der Waals surface area contributed by atoms with Crippen LogP contribution >= 0.6 is 15.9 Å². The summed E-state index contributed by atoms with van der Waals surface area (Å²) >= 11 is 3.11. The molecular formula is C10H6BrN3O. The first-order valence-electron chi connectivity index (χ1n) is 4.22. The summed E-state index contributed by atoms with van der Waals surface area (Å²) in [4.78, 5) is 18.4. The lowest BCUT2D eigenvalue weighted by atomic mass is 10.1. The first kappa shape index (κ1) is 9.87. The van der Waals surface area contributed by atoms with E-state index in [0.29, 0.717) is 22.2 Å². The Bertz CT molecular complexity index is 568. The fraction of sp³-hybridized carbons (Fsp3) is 0.100. The third-order valence-corrected chi connectivity index (χ3v) is 2.59.